The topological polar surface area (TPSA) is 148 Å². The molecule has 0 unspecified atom stereocenters. The number of H-pyrrole nitrogens is 1. The van der Waals surface area contributed by atoms with E-state index in [4.69, 9.17) is 4.74 Å². The van der Waals surface area contributed by atoms with Crippen LogP contribution in [0.2, 0.25) is 0 Å². The van der Waals surface area contributed by atoms with Crippen molar-refractivity contribution in [1.82, 2.24) is 15.2 Å². The first-order valence-electron chi connectivity index (χ1n) is 9.40. The molecule has 10 nitrogen and oxygen atoms in total. The summed E-state index contributed by atoms with van der Waals surface area (Å²) in [6.07, 6.45) is 0.866. The number of nitrogens with zero attached hydrogens (tertiary/aromatic N) is 2. The van der Waals surface area contributed by atoms with Gasteiger partial charge in [-0.3, -0.25) is 10.1 Å². The number of amides is 1. The lowest BCUT2D eigenvalue weighted by molar-refractivity contribution is -0.117. The maximum Gasteiger partial charge on any atom is 0.247 e. The molecular formula is C20H21FN4O6S2. The number of hydrogen-bond acceptors (Lipinski definition) is 8. The summed E-state index contributed by atoms with van der Waals surface area (Å²) in [5, 5.41) is 10.0. The van der Waals surface area contributed by atoms with Crippen LogP contribution in [0.5, 0.6) is 5.75 Å². The Morgan fingerprint density at radius 1 is 1.06 bits per heavy atom. The summed E-state index contributed by atoms with van der Waals surface area (Å²) in [5.74, 6) is -1.43. The van der Waals surface area contributed by atoms with Gasteiger partial charge >= 0.3 is 0 Å². The maximum absolute atomic E-state index is 14.5. The Balaban J connectivity index is 1.85. The smallest absolute Gasteiger partial charge is 0.247 e. The number of nitrogens with one attached hydrogen (secondary N) is 2. The molecule has 0 aliphatic heterocycles. The van der Waals surface area contributed by atoms with Crippen LogP contribution in [-0.4, -0.2) is 56.0 Å². The molecule has 0 bridgehead atoms. The van der Waals surface area contributed by atoms with Crippen molar-refractivity contribution >= 4 is 31.5 Å². The van der Waals surface area contributed by atoms with Crippen LogP contribution in [0, 0.1) is 5.82 Å². The average Bonchev–Trinajstić information content (AvgIpc) is 3.21. The van der Waals surface area contributed by atoms with E-state index in [0.717, 1.165) is 32.2 Å². The third-order valence-electron chi connectivity index (χ3n) is 4.92. The van der Waals surface area contributed by atoms with Gasteiger partial charge in [-0.1, -0.05) is 0 Å². The van der Waals surface area contributed by atoms with Crippen LogP contribution >= 0.6 is 0 Å². The predicted octanol–water partition coefficient (Wildman–Crippen LogP) is 2.21. The lowest BCUT2D eigenvalue weighted by atomic mass is 10.2. The van der Waals surface area contributed by atoms with Crippen LogP contribution in [-0.2, 0) is 24.5 Å². The number of hydrogen-bond donors (Lipinski definition) is 2. The Hall–Kier alpha value is -3.32. The van der Waals surface area contributed by atoms with Crippen LogP contribution < -0.4 is 10.1 Å². The van der Waals surface area contributed by atoms with Gasteiger partial charge < -0.3 is 9.72 Å². The summed E-state index contributed by atoms with van der Waals surface area (Å²) < 4.78 is 66.7. The number of benzene rings is 2. The molecule has 1 heterocycles. The fraction of sp³-hybridized carbons (Fsp3) is 0.250. The number of carbonyl (C=O) groups is 1. The van der Waals surface area contributed by atoms with E-state index >= 15 is 0 Å². The Labute approximate surface area is 190 Å². The number of rotatable bonds is 7. The van der Waals surface area contributed by atoms with Crippen molar-refractivity contribution in [2.24, 2.45) is 0 Å². The van der Waals surface area contributed by atoms with Crippen LogP contribution in [0.3, 0.4) is 0 Å². The second-order valence-corrected chi connectivity index (χ2v) is 12.1. The van der Waals surface area contributed by atoms with Crippen molar-refractivity contribution in [2.45, 2.75) is 28.4 Å². The molecule has 0 radical (unpaired) electrons. The molecule has 0 atom stereocenters. The van der Waals surface area contributed by atoms with E-state index in [9.17, 15) is 26.0 Å². The van der Waals surface area contributed by atoms with Gasteiger partial charge in [0.2, 0.25) is 11.9 Å². The highest BCUT2D eigenvalue weighted by Crippen LogP contribution is 2.30. The number of aromatic nitrogens is 3. The van der Waals surface area contributed by atoms with E-state index in [2.05, 4.69) is 20.5 Å². The van der Waals surface area contributed by atoms with E-state index in [1.54, 1.807) is 24.3 Å². The van der Waals surface area contributed by atoms with E-state index in [1.165, 1.54) is 7.11 Å². The SMILES string of the molecule is COc1ccc(-c2nnc(NC(=O)C(C)(C)S(=O)(=O)c3ccc(S(C)(=O)=O)cc3F)[nH]2)cc1. The summed E-state index contributed by atoms with van der Waals surface area (Å²) >= 11 is 0. The monoisotopic (exact) mass is 496 g/mol. The van der Waals surface area contributed by atoms with Gasteiger partial charge in [0.25, 0.3) is 0 Å². The van der Waals surface area contributed by atoms with Crippen LogP contribution in [0.4, 0.5) is 10.3 Å². The molecule has 3 rings (SSSR count). The number of halogens is 1. The molecule has 0 aliphatic carbocycles. The minimum atomic E-state index is -4.56. The lowest BCUT2D eigenvalue weighted by Gasteiger charge is -2.23. The number of carbonyl (C=O) groups excluding carboxylic acids is 1. The first kappa shape index (κ1) is 24.3. The first-order chi connectivity index (χ1) is 15.3. The van der Waals surface area contributed by atoms with Crippen molar-refractivity contribution in [1.29, 1.82) is 0 Å². The molecule has 13 heteroatoms. The number of sulfone groups is 2. The second-order valence-electron chi connectivity index (χ2n) is 7.58. The van der Waals surface area contributed by atoms with Crippen LogP contribution in [0.25, 0.3) is 11.4 Å². The van der Waals surface area contributed by atoms with Crippen molar-refractivity contribution in [3.63, 3.8) is 0 Å². The van der Waals surface area contributed by atoms with Gasteiger partial charge in [-0.2, -0.15) is 0 Å². The Bertz CT molecular complexity index is 1410. The minimum Gasteiger partial charge on any atom is -0.497 e. The van der Waals surface area contributed by atoms with Crippen LogP contribution in [0.15, 0.2) is 52.3 Å². The third-order valence-corrected chi connectivity index (χ3v) is 8.47. The van der Waals surface area contributed by atoms with E-state index in [0.29, 0.717) is 23.2 Å². The van der Waals surface area contributed by atoms with Gasteiger partial charge in [0, 0.05) is 11.8 Å². The minimum absolute atomic E-state index is 0.109. The number of methoxy groups -OCH3 is 1. The van der Waals surface area contributed by atoms with Crippen molar-refractivity contribution in [3.05, 3.63) is 48.3 Å². The number of ether oxygens (including phenoxy) is 1. The fourth-order valence-electron chi connectivity index (χ4n) is 2.78. The largest absolute Gasteiger partial charge is 0.497 e. The highest BCUT2D eigenvalue weighted by Gasteiger charge is 2.44. The first-order valence-corrected chi connectivity index (χ1v) is 12.8. The molecule has 0 aliphatic rings. The highest BCUT2D eigenvalue weighted by atomic mass is 32.2. The Morgan fingerprint density at radius 3 is 2.24 bits per heavy atom. The zero-order chi connectivity index (χ0) is 24.6. The summed E-state index contributed by atoms with van der Waals surface area (Å²) in [4.78, 5) is 14.4. The van der Waals surface area contributed by atoms with Gasteiger partial charge in [0.05, 0.1) is 12.0 Å². The van der Waals surface area contributed by atoms with Gasteiger partial charge in [-0.25, -0.2) is 21.2 Å². The molecule has 2 N–H and O–H groups in total. The molecule has 0 spiro atoms. The quantitative estimate of drug-likeness (QED) is 0.506. The number of aromatic amines is 1. The predicted molar refractivity (Wildman–Crippen MR) is 118 cm³/mol. The summed E-state index contributed by atoms with van der Waals surface area (Å²) in [6, 6.07) is 9.23. The molecule has 0 saturated carbocycles. The zero-order valence-electron chi connectivity index (χ0n) is 18.1. The van der Waals surface area contributed by atoms with Gasteiger partial charge in [-0.05, 0) is 56.3 Å². The molecule has 1 amide bonds. The highest BCUT2D eigenvalue weighted by molar-refractivity contribution is 7.93. The van der Waals surface area contributed by atoms with Crippen molar-refractivity contribution < 1.29 is 30.8 Å². The van der Waals surface area contributed by atoms with Crippen molar-refractivity contribution in [2.75, 3.05) is 18.7 Å². The average molecular weight is 497 g/mol. The van der Waals surface area contributed by atoms with Crippen LogP contribution in [0.1, 0.15) is 13.8 Å². The van der Waals surface area contributed by atoms with E-state index in [1.807, 2.05) is 0 Å². The maximum atomic E-state index is 14.5. The van der Waals surface area contributed by atoms with Crippen molar-refractivity contribution in [3.8, 4) is 17.1 Å². The third kappa shape index (κ3) is 4.73. The Morgan fingerprint density at radius 2 is 1.70 bits per heavy atom. The van der Waals surface area contributed by atoms with Gasteiger partial charge in [0.15, 0.2) is 25.5 Å². The molecule has 0 saturated heterocycles. The normalized spacial score (nSPS) is 12.4. The molecule has 3 aromatic rings. The molecular weight excluding hydrogens is 475 g/mol. The summed E-state index contributed by atoms with van der Waals surface area (Å²) in [7, 11) is -6.78. The summed E-state index contributed by atoms with van der Waals surface area (Å²) in [6.45, 7) is 2.20. The fourth-order valence-corrected chi connectivity index (χ4v) is 4.82. The second kappa shape index (κ2) is 8.56. The van der Waals surface area contributed by atoms with Gasteiger partial charge in [-0.15, -0.1) is 10.2 Å². The molecule has 0 fully saturated rings. The molecule has 1 aromatic heterocycles. The molecule has 176 valence electrons. The van der Waals surface area contributed by atoms with E-state index < -0.39 is 41.0 Å². The van der Waals surface area contributed by atoms with E-state index in [-0.39, 0.29) is 10.8 Å². The molecule has 33 heavy (non-hydrogen) atoms. The lowest BCUT2D eigenvalue weighted by Crippen LogP contribution is -2.45. The zero-order valence-corrected chi connectivity index (χ0v) is 19.7. The molecule has 2 aromatic carbocycles. The standard InChI is InChI=1S/C20H21FN4O6S2/c1-20(2,33(29,30)16-10-9-14(11-15(16)21)32(4,27)28)18(26)23-19-22-17(24-25-19)12-5-7-13(31-3)8-6-12/h5-11H,1-4H3,(H2,22,23,24,25,26). The summed E-state index contributed by atoms with van der Waals surface area (Å²) in [5.41, 5.74) is 0.642. The number of anilines is 1. The Kier molecular flexibility index (Phi) is 6.31. The van der Waals surface area contributed by atoms with Gasteiger partial charge in [0.1, 0.15) is 21.2 Å².